The van der Waals surface area contributed by atoms with E-state index in [2.05, 4.69) is 4.72 Å². The zero-order valence-corrected chi connectivity index (χ0v) is 16.6. The number of halogens is 1. The number of rotatable bonds is 6. The molecule has 0 saturated heterocycles. The number of methoxy groups -OCH3 is 1. The van der Waals surface area contributed by atoms with Gasteiger partial charge >= 0.3 is 0 Å². The molecule has 0 aliphatic carbocycles. The van der Waals surface area contributed by atoms with E-state index in [-0.39, 0.29) is 4.90 Å². The van der Waals surface area contributed by atoms with Crippen LogP contribution in [0.1, 0.15) is 22.7 Å². The first-order chi connectivity index (χ1) is 12.9. The summed E-state index contributed by atoms with van der Waals surface area (Å²) in [4.78, 5) is 0.218. The lowest BCUT2D eigenvalue weighted by molar-refractivity contribution is 0.414. The second-order valence-electron chi connectivity index (χ2n) is 6.20. The van der Waals surface area contributed by atoms with Crippen molar-refractivity contribution in [3.8, 4) is 5.75 Å². The molecule has 0 radical (unpaired) electrons. The number of nitrogens with one attached hydrogen (secondary N) is 1. The molecule has 3 aromatic carbocycles. The summed E-state index contributed by atoms with van der Waals surface area (Å²) in [7, 11) is -2.15. The third-order valence-electron chi connectivity index (χ3n) is 4.23. The third-order valence-corrected chi connectivity index (χ3v) is 5.93. The van der Waals surface area contributed by atoms with Crippen molar-refractivity contribution in [3.05, 3.63) is 94.5 Å². The standard InChI is InChI=1S/C21H20ClNO3S/c1-15-6-12-20(13-7-15)27(24,25)23-21(16-8-10-18(22)11-9-16)17-4-3-5-19(14-17)26-2/h3-14,21,23H,1-2H3. The molecule has 27 heavy (non-hydrogen) atoms. The first-order valence-corrected chi connectivity index (χ1v) is 10.2. The molecule has 0 aliphatic heterocycles. The summed E-state index contributed by atoms with van der Waals surface area (Å²) in [5.74, 6) is 0.654. The average molecular weight is 402 g/mol. The van der Waals surface area contributed by atoms with Crippen LogP contribution in [0.4, 0.5) is 0 Å². The highest BCUT2D eigenvalue weighted by Gasteiger charge is 2.23. The highest BCUT2D eigenvalue weighted by Crippen LogP contribution is 2.28. The minimum absolute atomic E-state index is 0.218. The topological polar surface area (TPSA) is 55.4 Å². The van der Waals surface area contributed by atoms with Crippen LogP contribution in [-0.2, 0) is 10.0 Å². The molecule has 0 bridgehead atoms. The van der Waals surface area contributed by atoms with Crippen molar-refractivity contribution < 1.29 is 13.2 Å². The summed E-state index contributed by atoms with van der Waals surface area (Å²) in [5, 5.41) is 0.588. The lowest BCUT2D eigenvalue weighted by atomic mass is 9.99. The molecule has 3 aromatic rings. The van der Waals surface area contributed by atoms with E-state index in [1.165, 1.54) is 0 Å². The van der Waals surface area contributed by atoms with Gasteiger partial charge in [-0.2, -0.15) is 4.72 Å². The van der Waals surface area contributed by atoms with E-state index in [1.807, 2.05) is 43.3 Å². The molecule has 0 heterocycles. The summed E-state index contributed by atoms with van der Waals surface area (Å²) < 4.78 is 34.0. The molecule has 4 nitrogen and oxygen atoms in total. The second-order valence-corrected chi connectivity index (χ2v) is 8.35. The van der Waals surface area contributed by atoms with Gasteiger partial charge in [0.25, 0.3) is 0 Å². The number of aryl methyl sites for hydroxylation is 1. The highest BCUT2D eigenvalue weighted by molar-refractivity contribution is 7.89. The van der Waals surface area contributed by atoms with Crippen molar-refractivity contribution >= 4 is 21.6 Å². The Morgan fingerprint density at radius 2 is 1.59 bits per heavy atom. The van der Waals surface area contributed by atoms with Crippen molar-refractivity contribution in [2.24, 2.45) is 0 Å². The first kappa shape index (κ1) is 19.4. The van der Waals surface area contributed by atoms with E-state index in [1.54, 1.807) is 43.5 Å². The van der Waals surface area contributed by atoms with Gasteiger partial charge in [-0.15, -0.1) is 0 Å². The highest BCUT2D eigenvalue weighted by atomic mass is 35.5. The molecule has 0 fully saturated rings. The SMILES string of the molecule is COc1cccc(C(NS(=O)(=O)c2ccc(C)cc2)c2ccc(Cl)cc2)c1. The number of hydrogen-bond donors (Lipinski definition) is 1. The van der Waals surface area contributed by atoms with Crippen LogP contribution in [0, 0.1) is 6.92 Å². The van der Waals surface area contributed by atoms with Gasteiger partial charge in [-0.25, -0.2) is 8.42 Å². The van der Waals surface area contributed by atoms with Gasteiger partial charge in [0, 0.05) is 5.02 Å². The Labute approximate surface area is 164 Å². The van der Waals surface area contributed by atoms with E-state index in [0.717, 1.165) is 16.7 Å². The number of benzene rings is 3. The van der Waals surface area contributed by atoms with Crippen LogP contribution in [-0.4, -0.2) is 15.5 Å². The quantitative estimate of drug-likeness (QED) is 0.649. The normalized spacial score (nSPS) is 12.6. The minimum atomic E-state index is -3.73. The van der Waals surface area contributed by atoms with Crippen molar-refractivity contribution in [3.63, 3.8) is 0 Å². The van der Waals surface area contributed by atoms with Gasteiger partial charge in [0.05, 0.1) is 18.0 Å². The van der Waals surface area contributed by atoms with E-state index < -0.39 is 16.1 Å². The van der Waals surface area contributed by atoms with Crippen molar-refractivity contribution in [2.45, 2.75) is 17.9 Å². The third kappa shape index (κ3) is 4.69. The Hall–Kier alpha value is -2.34. The van der Waals surface area contributed by atoms with Crippen molar-refractivity contribution in [1.82, 2.24) is 4.72 Å². The Morgan fingerprint density at radius 3 is 2.22 bits per heavy atom. The summed E-state index contributed by atoms with van der Waals surface area (Å²) in [6, 6.07) is 20.6. The van der Waals surface area contributed by atoms with Crippen LogP contribution in [0.3, 0.4) is 0 Å². The van der Waals surface area contributed by atoms with Crippen molar-refractivity contribution in [1.29, 1.82) is 0 Å². The molecule has 0 aromatic heterocycles. The van der Waals surface area contributed by atoms with Crippen LogP contribution in [0.2, 0.25) is 5.02 Å². The largest absolute Gasteiger partial charge is 0.497 e. The van der Waals surface area contributed by atoms with Gasteiger partial charge in [0.2, 0.25) is 10.0 Å². The maximum Gasteiger partial charge on any atom is 0.241 e. The molecule has 1 N–H and O–H groups in total. The zero-order chi connectivity index (χ0) is 19.4. The first-order valence-electron chi connectivity index (χ1n) is 8.37. The van der Waals surface area contributed by atoms with Crippen LogP contribution in [0.25, 0.3) is 0 Å². The number of hydrogen-bond acceptors (Lipinski definition) is 3. The van der Waals surface area contributed by atoms with Gasteiger partial charge in [-0.05, 0) is 54.4 Å². The Morgan fingerprint density at radius 1 is 0.926 bits per heavy atom. The van der Waals surface area contributed by atoms with Gasteiger partial charge in [0.1, 0.15) is 5.75 Å². The Balaban J connectivity index is 2.03. The molecule has 0 spiro atoms. The van der Waals surface area contributed by atoms with Gasteiger partial charge < -0.3 is 4.74 Å². The summed E-state index contributed by atoms with van der Waals surface area (Å²) in [6.45, 7) is 1.91. The molecule has 1 atom stereocenters. The monoisotopic (exact) mass is 401 g/mol. The van der Waals surface area contributed by atoms with E-state index in [0.29, 0.717) is 10.8 Å². The Bertz CT molecular complexity index is 1020. The minimum Gasteiger partial charge on any atom is -0.497 e. The average Bonchev–Trinajstić information content (AvgIpc) is 2.67. The smallest absolute Gasteiger partial charge is 0.241 e. The fourth-order valence-electron chi connectivity index (χ4n) is 2.75. The zero-order valence-electron chi connectivity index (χ0n) is 15.0. The fraction of sp³-hybridized carbons (Fsp3) is 0.143. The molecular formula is C21H20ClNO3S. The predicted molar refractivity (Wildman–Crippen MR) is 108 cm³/mol. The maximum atomic E-state index is 13.0. The Kier molecular flexibility index (Phi) is 5.85. The molecule has 3 rings (SSSR count). The molecule has 140 valence electrons. The van der Waals surface area contributed by atoms with E-state index in [4.69, 9.17) is 16.3 Å². The number of sulfonamides is 1. The maximum absolute atomic E-state index is 13.0. The lowest BCUT2D eigenvalue weighted by Crippen LogP contribution is -2.29. The summed E-state index contributed by atoms with van der Waals surface area (Å²) in [5.41, 5.74) is 2.55. The summed E-state index contributed by atoms with van der Waals surface area (Å²) in [6.07, 6.45) is 0. The number of ether oxygens (including phenoxy) is 1. The molecular weight excluding hydrogens is 382 g/mol. The van der Waals surface area contributed by atoms with Gasteiger partial charge in [-0.1, -0.05) is 53.6 Å². The van der Waals surface area contributed by atoms with Gasteiger partial charge in [-0.3, -0.25) is 0 Å². The molecule has 1 unspecified atom stereocenters. The van der Waals surface area contributed by atoms with Crippen molar-refractivity contribution in [2.75, 3.05) is 7.11 Å². The van der Waals surface area contributed by atoms with Crippen LogP contribution in [0.5, 0.6) is 5.75 Å². The molecule has 6 heteroatoms. The molecule has 0 aliphatic rings. The predicted octanol–water partition coefficient (Wildman–Crippen LogP) is 4.72. The lowest BCUT2D eigenvalue weighted by Gasteiger charge is -2.20. The van der Waals surface area contributed by atoms with Gasteiger partial charge in [0.15, 0.2) is 0 Å². The van der Waals surface area contributed by atoms with Crippen LogP contribution >= 0.6 is 11.6 Å². The van der Waals surface area contributed by atoms with E-state index >= 15 is 0 Å². The summed E-state index contributed by atoms with van der Waals surface area (Å²) >= 11 is 6.00. The molecule has 0 saturated carbocycles. The second kappa shape index (κ2) is 8.13. The molecule has 0 amide bonds. The van der Waals surface area contributed by atoms with Crippen LogP contribution in [0.15, 0.2) is 77.7 Å². The van der Waals surface area contributed by atoms with E-state index in [9.17, 15) is 8.42 Å². The fourth-order valence-corrected chi connectivity index (χ4v) is 4.08. The van der Waals surface area contributed by atoms with Crippen LogP contribution < -0.4 is 9.46 Å².